The van der Waals surface area contributed by atoms with Crippen molar-refractivity contribution >= 4 is 0 Å². The summed E-state index contributed by atoms with van der Waals surface area (Å²) in [7, 11) is 0. The molecule has 1 N–H and O–H groups in total. The summed E-state index contributed by atoms with van der Waals surface area (Å²) in [6.07, 6.45) is 6.52. The van der Waals surface area contributed by atoms with Gasteiger partial charge >= 0.3 is 0 Å². The zero-order chi connectivity index (χ0) is 12.1. The Morgan fingerprint density at radius 1 is 1.53 bits per heavy atom. The van der Waals surface area contributed by atoms with Crippen LogP contribution >= 0.6 is 0 Å². The van der Waals surface area contributed by atoms with Gasteiger partial charge in [0.15, 0.2) is 0 Å². The molecule has 1 saturated heterocycles. The monoisotopic (exact) mass is 236 g/mol. The molecule has 0 radical (unpaired) electrons. The number of likely N-dealkylation sites (tertiary alicyclic amines) is 1. The number of hydrogen-bond acceptors (Lipinski definition) is 3. The molecule has 1 fully saturated rings. The Balaban J connectivity index is 1.84. The Kier molecular flexibility index (Phi) is 4.57. The summed E-state index contributed by atoms with van der Waals surface area (Å²) in [6.45, 7) is 8.96. The minimum atomic E-state index is 0.566. The van der Waals surface area contributed by atoms with Gasteiger partial charge in [-0.3, -0.25) is 9.58 Å². The first kappa shape index (κ1) is 12.6. The Morgan fingerprint density at radius 3 is 3.12 bits per heavy atom. The summed E-state index contributed by atoms with van der Waals surface area (Å²) in [5, 5.41) is 7.84. The molecule has 0 amide bonds. The van der Waals surface area contributed by atoms with E-state index in [-0.39, 0.29) is 0 Å². The Labute approximate surface area is 104 Å². The van der Waals surface area contributed by atoms with Gasteiger partial charge in [-0.25, -0.2) is 0 Å². The van der Waals surface area contributed by atoms with Gasteiger partial charge in [0.2, 0.25) is 0 Å². The standard InChI is InChI=1S/C13H24N4/c1-3-14-13-6-4-8-16(11-13)12(2)10-17-9-5-7-15-17/h5,7,9,12-14H,3-4,6,8,10-11H2,1-2H3. The molecule has 0 spiro atoms. The third-order valence-corrected chi connectivity index (χ3v) is 3.58. The largest absolute Gasteiger partial charge is 0.313 e. The van der Waals surface area contributed by atoms with Gasteiger partial charge < -0.3 is 5.32 Å². The predicted octanol–water partition coefficient (Wildman–Crippen LogP) is 1.35. The fourth-order valence-corrected chi connectivity index (χ4v) is 2.66. The van der Waals surface area contributed by atoms with Gasteiger partial charge in [0.05, 0.1) is 6.54 Å². The zero-order valence-corrected chi connectivity index (χ0v) is 11.0. The highest BCUT2D eigenvalue weighted by Crippen LogP contribution is 2.13. The highest BCUT2D eigenvalue weighted by molar-refractivity contribution is 4.83. The second-order valence-electron chi connectivity index (χ2n) is 4.97. The summed E-state index contributed by atoms with van der Waals surface area (Å²) >= 11 is 0. The van der Waals surface area contributed by atoms with E-state index in [0.717, 1.165) is 13.1 Å². The van der Waals surface area contributed by atoms with Crippen molar-refractivity contribution in [2.45, 2.75) is 45.3 Å². The van der Waals surface area contributed by atoms with Gasteiger partial charge in [-0.05, 0) is 38.9 Å². The number of rotatable bonds is 5. The normalized spacial score (nSPS) is 23.8. The van der Waals surface area contributed by atoms with Crippen LogP contribution in [0.1, 0.15) is 26.7 Å². The summed E-state index contributed by atoms with van der Waals surface area (Å²) in [5.74, 6) is 0. The lowest BCUT2D eigenvalue weighted by Gasteiger charge is -2.37. The van der Waals surface area contributed by atoms with Gasteiger partial charge in [0.1, 0.15) is 0 Å². The maximum atomic E-state index is 4.28. The average Bonchev–Trinajstić information content (AvgIpc) is 2.83. The summed E-state index contributed by atoms with van der Waals surface area (Å²) in [4.78, 5) is 2.58. The highest BCUT2D eigenvalue weighted by atomic mass is 15.3. The topological polar surface area (TPSA) is 33.1 Å². The number of aromatic nitrogens is 2. The van der Waals surface area contributed by atoms with Crippen molar-refractivity contribution in [2.75, 3.05) is 19.6 Å². The van der Waals surface area contributed by atoms with Crippen LogP contribution in [0.3, 0.4) is 0 Å². The number of nitrogens with one attached hydrogen (secondary N) is 1. The summed E-state index contributed by atoms with van der Waals surface area (Å²) < 4.78 is 2.03. The third kappa shape index (κ3) is 3.54. The van der Waals surface area contributed by atoms with E-state index in [0.29, 0.717) is 12.1 Å². The van der Waals surface area contributed by atoms with Crippen LogP contribution < -0.4 is 5.32 Å². The van der Waals surface area contributed by atoms with E-state index in [2.05, 4.69) is 29.2 Å². The van der Waals surface area contributed by atoms with Crippen molar-refractivity contribution in [2.24, 2.45) is 0 Å². The van der Waals surface area contributed by atoms with Crippen LogP contribution in [0.25, 0.3) is 0 Å². The molecule has 0 bridgehead atoms. The van der Waals surface area contributed by atoms with Gasteiger partial charge in [-0.15, -0.1) is 0 Å². The Hall–Kier alpha value is -0.870. The molecule has 0 aliphatic carbocycles. The number of nitrogens with zero attached hydrogens (tertiary/aromatic N) is 3. The van der Waals surface area contributed by atoms with E-state index in [1.807, 2.05) is 23.1 Å². The van der Waals surface area contributed by atoms with E-state index in [4.69, 9.17) is 0 Å². The predicted molar refractivity (Wildman–Crippen MR) is 70.0 cm³/mol. The number of hydrogen-bond donors (Lipinski definition) is 1. The Bertz CT molecular complexity index is 307. The van der Waals surface area contributed by atoms with Crippen molar-refractivity contribution in [1.82, 2.24) is 20.0 Å². The maximum Gasteiger partial charge on any atom is 0.0562 e. The van der Waals surface area contributed by atoms with E-state index >= 15 is 0 Å². The lowest BCUT2D eigenvalue weighted by molar-refractivity contribution is 0.132. The molecule has 1 aromatic heterocycles. The molecule has 0 aromatic carbocycles. The molecule has 4 heteroatoms. The van der Waals surface area contributed by atoms with Gasteiger partial charge in [0, 0.05) is 31.0 Å². The molecule has 17 heavy (non-hydrogen) atoms. The first-order valence-electron chi connectivity index (χ1n) is 6.74. The molecule has 2 atom stereocenters. The van der Waals surface area contributed by atoms with Crippen molar-refractivity contribution in [1.29, 1.82) is 0 Å². The lowest BCUT2D eigenvalue weighted by Crippen LogP contribution is -2.49. The van der Waals surface area contributed by atoms with Crippen LogP contribution in [0.5, 0.6) is 0 Å². The van der Waals surface area contributed by atoms with Crippen LogP contribution in [0.2, 0.25) is 0 Å². The smallest absolute Gasteiger partial charge is 0.0562 e. The maximum absolute atomic E-state index is 4.28. The summed E-state index contributed by atoms with van der Waals surface area (Å²) in [6, 6.07) is 3.23. The van der Waals surface area contributed by atoms with Crippen LogP contribution in [0.4, 0.5) is 0 Å². The first-order chi connectivity index (χ1) is 8.29. The van der Waals surface area contributed by atoms with E-state index < -0.39 is 0 Å². The van der Waals surface area contributed by atoms with Gasteiger partial charge in [-0.1, -0.05) is 6.92 Å². The molecule has 2 heterocycles. The number of piperidine rings is 1. The molecule has 96 valence electrons. The van der Waals surface area contributed by atoms with E-state index in [1.54, 1.807) is 0 Å². The minimum Gasteiger partial charge on any atom is -0.313 e. The second-order valence-corrected chi connectivity index (χ2v) is 4.97. The van der Waals surface area contributed by atoms with E-state index in [9.17, 15) is 0 Å². The molecule has 4 nitrogen and oxygen atoms in total. The molecule has 2 rings (SSSR count). The van der Waals surface area contributed by atoms with Crippen molar-refractivity contribution in [3.63, 3.8) is 0 Å². The molecule has 1 aliphatic heterocycles. The average molecular weight is 236 g/mol. The first-order valence-corrected chi connectivity index (χ1v) is 6.74. The highest BCUT2D eigenvalue weighted by Gasteiger charge is 2.22. The number of likely N-dealkylation sites (N-methyl/N-ethyl adjacent to an activating group) is 1. The molecule has 2 unspecified atom stereocenters. The van der Waals surface area contributed by atoms with Crippen LogP contribution in [-0.2, 0) is 6.54 Å². The molecule has 1 aromatic rings. The lowest BCUT2D eigenvalue weighted by atomic mass is 10.0. The molecular formula is C13H24N4. The zero-order valence-electron chi connectivity index (χ0n) is 11.0. The van der Waals surface area contributed by atoms with Gasteiger partial charge in [0.25, 0.3) is 0 Å². The van der Waals surface area contributed by atoms with Crippen LogP contribution in [-0.4, -0.2) is 46.4 Å². The van der Waals surface area contributed by atoms with Crippen molar-refractivity contribution < 1.29 is 0 Å². The fourth-order valence-electron chi connectivity index (χ4n) is 2.66. The second kappa shape index (κ2) is 6.17. The van der Waals surface area contributed by atoms with Crippen LogP contribution in [0, 0.1) is 0 Å². The van der Waals surface area contributed by atoms with Crippen molar-refractivity contribution in [3.8, 4) is 0 Å². The van der Waals surface area contributed by atoms with Crippen LogP contribution in [0.15, 0.2) is 18.5 Å². The quantitative estimate of drug-likeness (QED) is 0.837. The van der Waals surface area contributed by atoms with Crippen molar-refractivity contribution in [3.05, 3.63) is 18.5 Å². The van der Waals surface area contributed by atoms with E-state index in [1.165, 1.54) is 25.9 Å². The SMILES string of the molecule is CCNC1CCCN(C(C)Cn2cccn2)C1. The molecular weight excluding hydrogens is 212 g/mol. The van der Waals surface area contributed by atoms with Gasteiger partial charge in [-0.2, -0.15) is 5.10 Å². The molecule has 1 aliphatic rings. The Morgan fingerprint density at radius 2 is 2.41 bits per heavy atom. The molecule has 0 saturated carbocycles. The minimum absolute atomic E-state index is 0.566. The fraction of sp³-hybridized carbons (Fsp3) is 0.769. The summed E-state index contributed by atoms with van der Waals surface area (Å²) in [5.41, 5.74) is 0. The third-order valence-electron chi connectivity index (χ3n) is 3.58.